The van der Waals surface area contributed by atoms with Crippen molar-refractivity contribution in [2.45, 2.75) is 13.0 Å². The minimum absolute atomic E-state index is 0.0250. The second-order valence-corrected chi connectivity index (χ2v) is 5.30. The summed E-state index contributed by atoms with van der Waals surface area (Å²) in [7, 11) is 3.95. The van der Waals surface area contributed by atoms with Gasteiger partial charge in [-0.15, -0.1) is 0 Å². The third-order valence-corrected chi connectivity index (χ3v) is 3.47. The number of carbonyl (C=O) groups is 1. The number of likely N-dealkylation sites (N-methyl/N-ethyl adjacent to an activating group) is 2. The van der Waals surface area contributed by atoms with E-state index < -0.39 is 0 Å². The van der Waals surface area contributed by atoms with E-state index in [1.807, 2.05) is 18.9 Å². The number of amides is 1. The van der Waals surface area contributed by atoms with Gasteiger partial charge in [0.1, 0.15) is 5.69 Å². The standard InChI is InChI=1S/C12H18N6O/c1-7-10-11(18(3)6-9(19)15-10)16-12(13-7)14-8-4-17(2)5-8/h8H,4-6H2,1-3H3,(H,15,19)(H,13,14,16). The second-order valence-electron chi connectivity index (χ2n) is 5.30. The molecule has 7 heteroatoms. The molecule has 2 aliphatic heterocycles. The van der Waals surface area contributed by atoms with E-state index in [2.05, 4.69) is 32.5 Å². The van der Waals surface area contributed by atoms with Gasteiger partial charge in [-0.2, -0.15) is 4.98 Å². The maximum atomic E-state index is 11.5. The molecule has 3 heterocycles. The van der Waals surface area contributed by atoms with Crippen molar-refractivity contribution in [1.29, 1.82) is 0 Å². The molecular weight excluding hydrogens is 244 g/mol. The van der Waals surface area contributed by atoms with Crippen LogP contribution in [-0.4, -0.2) is 60.5 Å². The molecule has 19 heavy (non-hydrogen) atoms. The van der Waals surface area contributed by atoms with Crippen LogP contribution in [0.1, 0.15) is 5.69 Å². The van der Waals surface area contributed by atoms with Gasteiger partial charge < -0.3 is 20.4 Å². The van der Waals surface area contributed by atoms with E-state index >= 15 is 0 Å². The minimum atomic E-state index is -0.0250. The van der Waals surface area contributed by atoms with Crippen molar-refractivity contribution in [2.75, 3.05) is 49.3 Å². The molecule has 0 bridgehead atoms. The molecule has 1 fully saturated rings. The van der Waals surface area contributed by atoms with Crippen molar-refractivity contribution >= 4 is 23.4 Å². The van der Waals surface area contributed by atoms with Gasteiger partial charge in [-0.05, 0) is 14.0 Å². The molecule has 7 nitrogen and oxygen atoms in total. The largest absolute Gasteiger partial charge is 0.349 e. The van der Waals surface area contributed by atoms with E-state index in [4.69, 9.17) is 0 Å². The molecule has 1 amide bonds. The zero-order chi connectivity index (χ0) is 13.6. The van der Waals surface area contributed by atoms with E-state index in [0.29, 0.717) is 18.5 Å². The molecule has 102 valence electrons. The van der Waals surface area contributed by atoms with Gasteiger partial charge in [0.25, 0.3) is 0 Å². The molecular formula is C12H18N6O. The van der Waals surface area contributed by atoms with Gasteiger partial charge in [-0.25, -0.2) is 4.98 Å². The number of fused-ring (bicyclic) bond motifs is 1. The molecule has 0 aliphatic carbocycles. The number of likely N-dealkylation sites (tertiary alicyclic amines) is 1. The molecule has 1 aromatic heterocycles. The van der Waals surface area contributed by atoms with Crippen molar-refractivity contribution in [3.05, 3.63) is 5.69 Å². The van der Waals surface area contributed by atoms with E-state index in [9.17, 15) is 4.79 Å². The first-order valence-electron chi connectivity index (χ1n) is 6.37. The van der Waals surface area contributed by atoms with Gasteiger partial charge in [0, 0.05) is 20.1 Å². The number of rotatable bonds is 2. The van der Waals surface area contributed by atoms with Gasteiger partial charge in [0.2, 0.25) is 11.9 Å². The van der Waals surface area contributed by atoms with E-state index in [-0.39, 0.29) is 5.91 Å². The summed E-state index contributed by atoms with van der Waals surface area (Å²) in [6.07, 6.45) is 0. The highest BCUT2D eigenvalue weighted by Gasteiger charge is 2.27. The third-order valence-electron chi connectivity index (χ3n) is 3.47. The van der Waals surface area contributed by atoms with Crippen LogP contribution in [0.4, 0.5) is 17.5 Å². The summed E-state index contributed by atoms with van der Waals surface area (Å²) in [6, 6.07) is 0.408. The molecule has 3 rings (SSSR count). The zero-order valence-corrected chi connectivity index (χ0v) is 11.4. The van der Waals surface area contributed by atoms with Crippen molar-refractivity contribution in [3.63, 3.8) is 0 Å². The van der Waals surface area contributed by atoms with Crippen LogP contribution in [0.3, 0.4) is 0 Å². The summed E-state index contributed by atoms with van der Waals surface area (Å²) >= 11 is 0. The number of aromatic nitrogens is 2. The highest BCUT2D eigenvalue weighted by molar-refractivity contribution is 6.00. The molecule has 2 N–H and O–H groups in total. The predicted molar refractivity (Wildman–Crippen MR) is 73.6 cm³/mol. The van der Waals surface area contributed by atoms with Crippen LogP contribution < -0.4 is 15.5 Å². The fourth-order valence-corrected chi connectivity index (χ4v) is 2.49. The molecule has 1 saturated heterocycles. The quantitative estimate of drug-likeness (QED) is 0.775. The Morgan fingerprint density at radius 3 is 2.74 bits per heavy atom. The Labute approximate surface area is 112 Å². The van der Waals surface area contributed by atoms with Crippen LogP contribution in [0.25, 0.3) is 0 Å². The highest BCUT2D eigenvalue weighted by Crippen LogP contribution is 2.30. The molecule has 0 atom stereocenters. The van der Waals surface area contributed by atoms with Crippen LogP contribution in [0.5, 0.6) is 0 Å². The number of nitrogens with one attached hydrogen (secondary N) is 2. The highest BCUT2D eigenvalue weighted by atomic mass is 16.2. The van der Waals surface area contributed by atoms with Crippen molar-refractivity contribution in [1.82, 2.24) is 14.9 Å². The fourth-order valence-electron chi connectivity index (χ4n) is 2.49. The predicted octanol–water partition coefficient (Wildman–Crippen LogP) is -0.101. The maximum absolute atomic E-state index is 11.5. The first-order valence-corrected chi connectivity index (χ1v) is 6.37. The smallest absolute Gasteiger partial charge is 0.244 e. The maximum Gasteiger partial charge on any atom is 0.244 e. The van der Waals surface area contributed by atoms with Crippen LogP contribution in [0.2, 0.25) is 0 Å². The molecule has 2 aliphatic rings. The second kappa shape index (κ2) is 4.34. The Kier molecular flexibility index (Phi) is 2.78. The van der Waals surface area contributed by atoms with Crippen molar-refractivity contribution < 1.29 is 4.79 Å². The summed E-state index contributed by atoms with van der Waals surface area (Å²) < 4.78 is 0. The molecule has 0 spiro atoms. The van der Waals surface area contributed by atoms with Crippen molar-refractivity contribution in [3.8, 4) is 0 Å². The summed E-state index contributed by atoms with van der Waals surface area (Å²) in [6.45, 7) is 4.23. The first-order chi connectivity index (χ1) is 9.02. The van der Waals surface area contributed by atoms with E-state index in [1.165, 1.54) is 0 Å². The normalized spacial score (nSPS) is 19.7. The topological polar surface area (TPSA) is 73.4 Å². The monoisotopic (exact) mass is 262 g/mol. The lowest BCUT2D eigenvalue weighted by atomic mass is 10.1. The number of anilines is 3. The lowest BCUT2D eigenvalue weighted by Gasteiger charge is -2.37. The Balaban J connectivity index is 1.86. The van der Waals surface area contributed by atoms with Crippen LogP contribution in [-0.2, 0) is 4.79 Å². The van der Waals surface area contributed by atoms with Crippen molar-refractivity contribution in [2.24, 2.45) is 0 Å². The van der Waals surface area contributed by atoms with Gasteiger partial charge in [0.05, 0.1) is 18.3 Å². The van der Waals surface area contributed by atoms with Gasteiger partial charge in [-0.1, -0.05) is 0 Å². The lowest BCUT2D eigenvalue weighted by molar-refractivity contribution is -0.115. The fraction of sp³-hybridized carbons (Fsp3) is 0.583. The summed E-state index contributed by atoms with van der Waals surface area (Å²) in [5, 5.41) is 6.16. The number of aryl methyl sites for hydroxylation is 1. The number of carbonyl (C=O) groups excluding carboxylic acids is 1. The third kappa shape index (κ3) is 2.21. The van der Waals surface area contributed by atoms with Crippen LogP contribution in [0, 0.1) is 6.92 Å². The average molecular weight is 262 g/mol. The Bertz CT molecular complexity index is 525. The van der Waals surface area contributed by atoms with Gasteiger partial charge in [-0.3, -0.25) is 4.79 Å². The Morgan fingerprint density at radius 1 is 1.32 bits per heavy atom. The molecule has 1 aromatic rings. The number of hydrogen-bond acceptors (Lipinski definition) is 6. The summed E-state index contributed by atoms with van der Waals surface area (Å²) in [4.78, 5) is 24.5. The lowest BCUT2D eigenvalue weighted by Crippen LogP contribution is -2.52. The first kappa shape index (κ1) is 12.2. The van der Waals surface area contributed by atoms with E-state index in [1.54, 1.807) is 0 Å². The van der Waals surface area contributed by atoms with Gasteiger partial charge >= 0.3 is 0 Å². The Hall–Kier alpha value is -1.89. The molecule has 0 saturated carbocycles. The molecule has 0 radical (unpaired) electrons. The van der Waals surface area contributed by atoms with Crippen LogP contribution in [0.15, 0.2) is 0 Å². The minimum Gasteiger partial charge on any atom is -0.349 e. The summed E-state index contributed by atoms with van der Waals surface area (Å²) in [5.74, 6) is 1.39. The molecule has 0 unspecified atom stereocenters. The van der Waals surface area contributed by atoms with Gasteiger partial charge in [0.15, 0.2) is 5.82 Å². The average Bonchev–Trinajstić information content (AvgIpc) is 2.29. The van der Waals surface area contributed by atoms with Crippen LogP contribution >= 0.6 is 0 Å². The number of nitrogens with zero attached hydrogens (tertiary/aromatic N) is 4. The number of hydrogen-bond donors (Lipinski definition) is 2. The Morgan fingerprint density at radius 2 is 2.05 bits per heavy atom. The van der Waals surface area contributed by atoms with E-state index in [0.717, 1.165) is 30.3 Å². The molecule has 0 aromatic carbocycles. The SMILES string of the molecule is Cc1nc(NC2CN(C)C2)nc2c1NC(=O)CN2C. The zero-order valence-electron chi connectivity index (χ0n) is 11.4. The summed E-state index contributed by atoms with van der Waals surface area (Å²) in [5.41, 5.74) is 1.51.